The number of halogens is 3. The number of hydrogen-bond donors (Lipinski definition) is 1. The van der Waals surface area contributed by atoms with Crippen molar-refractivity contribution in [3.63, 3.8) is 0 Å². The van der Waals surface area contributed by atoms with Gasteiger partial charge < -0.3 is 5.32 Å². The zero-order valence-electron chi connectivity index (χ0n) is 11.3. The van der Waals surface area contributed by atoms with E-state index in [1.54, 1.807) is 0 Å². The summed E-state index contributed by atoms with van der Waals surface area (Å²) < 4.78 is 2.77. The highest BCUT2D eigenvalue weighted by molar-refractivity contribution is 9.11. The van der Waals surface area contributed by atoms with Crippen LogP contribution < -0.4 is 5.32 Å². The van der Waals surface area contributed by atoms with Crippen molar-refractivity contribution < 1.29 is 0 Å². The summed E-state index contributed by atoms with van der Waals surface area (Å²) in [5.41, 5.74) is 0.857. The molecule has 0 spiro atoms. The van der Waals surface area contributed by atoms with Crippen LogP contribution in [0, 0.1) is 0 Å². The summed E-state index contributed by atoms with van der Waals surface area (Å²) in [4.78, 5) is 9.01. The molecule has 1 aromatic heterocycles. The third kappa shape index (κ3) is 4.02. The average Bonchev–Trinajstić information content (AvgIpc) is 2.31. The van der Waals surface area contributed by atoms with Crippen molar-refractivity contribution in [3.8, 4) is 0 Å². The molecule has 0 saturated carbocycles. The molecule has 1 N–H and O–H groups in total. The third-order valence-electron chi connectivity index (χ3n) is 2.56. The van der Waals surface area contributed by atoms with Crippen molar-refractivity contribution in [1.82, 2.24) is 9.97 Å². The van der Waals surface area contributed by atoms with Gasteiger partial charge in [0.1, 0.15) is 16.2 Å². The van der Waals surface area contributed by atoms with E-state index in [0.717, 1.165) is 30.9 Å². The van der Waals surface area contributed by atoms with Gasteiger partial charge in [-0.3, -0.25) is 0 Å². The molecule has 0 atom stereocenters. The Bertz CT molecular complexity index is 636. The molecule has 0 aliphatic heterocycles. The Balaban J connectivity index is 2.36. The first-order valence-electron chi connectivity index (χ1n) is 6.03. The number of nitrogens with one attached hydrogen (secondary N) is 1. The minimum atomic E-state index is -0.100. The Hall–Kier alpha value is -0.460. The Morgan fingerprint density at radius 3 is 2.30 bits per heavy atom. The van der Waals surface area contributed by atoms with E-state index in [2.05, 4.69) is 83.8 Å². The van der Waals surface area contributed by atoms with Gasteiger partial charge in [0.25, 0.3) is 0 Å². The first-order valence-corrected chi connectivity index (χ1v) is 8.41. The Kier molecular flexibility index (Phi) is 4.87. The maximum absolute atomic E-state index is 4.58. The van der Waals surface area contributed by atoms with E-state index in [0.29, 0.717) is 0 Å². The molecule has 0 amide bonds. The van der Waals surface area contributed by atoms with E-state index in [1.165, 1.54) is 0 Å². The van der Waals surface area contributed by atoms with Crippen LogP contribution in [-0.2, 0) is 5.41 Å². The van der Waals surface area contributed by atoms with E-state index in [1.807, 2.05) is 24.3 Å². The molecular formula is C14H14Br3N3. The lowest BCUT2D eigenvalue weighted by atomic mass is 9.96. The van der Waals surface area contributed by atoms with Crippen LogP contribution >= 0.6 is 47.8 Å². The maximum atomic E-state index is 4.58. The van der Waals surface area contributed by atoms with Crippen molar-refractivity contribution >= 4 is 59.3 Å². The highest BCUT2D eigenvalue weighted by atomic mass is 79.9. The van der Waals surface area contributed by atoms with Gasteiger partial charge in [0.15, 0.2) is 0 Å². The van der Waals surface area contributed by atoms with Gasteiger partial charge in [0.2, 0.25) is 0 Å². The number of aromatic nitrogens is 2. The number of nitrogens with zero attached hydrogens (tertiary/aromatic N) is 2. The largest absolute Gasteiger partial charge is 0.339 e. The van der Waals surface area contributed by atoms with E-state index in [-0.39, 0.29) is 5.41 Å². The standard InChI is InChI=1S/C14H14Br3N3/c1-14(2,3)13-19-11(17)7-12(20-13)18-10-5-4-8(15)6-9(10)16/h4-7H,1-3H3,(H,18,19,20). The molecule has 2 aromatic rings. The van der Waals surface area contributed by atoms with Gasteiger partial charge in [-0.2, -0.15) is 0 Å². The minimum absolute atomic E-state index is 0.100. The summed E-state index contributed by atoms with van der Waals surface area (Å²) in [6.07, 6.45) is 0. The van der Waals surface area contributed by atoms with Crippen LogP contribution in [0.3, 0.4) is 0 Å². The molecule has 0 aliphatic carbocycles. The number of benzene rings is 1. The Morgan fingerprint density at radius 2 is 1.70 bits per heavy atom. The second-order valence-corrected chi connectivity index (χ2v) is 7.98. The van der Waals surface area contributed by atoms with Gasteiger partial charge in [-0.15, -0.1) is 0 Å². The predicted octanol–water partition coefficient (Wildman–Crippen LogP) is 5.81. The molecule has 20 heavy (non-hydrogen) atoms. The molecule has 6 heteroatoms. The van der Waals surface area contributed by atoms with Crippen LogP contribution in [-0.4, -0.2) is 9.97 Å². The second kappa shape index (κ2) is 6.12. The summed E-state index contributed by atoms with van der Waals surface area (Å²) in [6, 6.07) is 7.82. The van der Waals surface area contributed by atoms with Gasteiger partial charge in [-0.1, -0.05) is 36.7 Å². The summed E-state index contributed by atoms with van der Waals surface area (Å²) in [7, 11) is 0. The highest BCUT2D eigenvalue weighted by Crippen LogP contribution is 2.30. The topological polar surface area (TPSA) is 37.8 Å². The fourth-order valence-electron chi connectivity index (χ4n) is 1.55. The van der Waals surface area contributed by atoms with Crippen molar-refractivity contribution in [3.05, 3.63) is 43.6 Å². The molecule has 0 saturated heterocycles. The van der Waals surface area contributed by atoms with E-state index >= 15 is 0 Å². The molecule has 1 aromatic carbocycles. The van der Waals surface area contributed by atoms with Crippen LogP contribution in [0.1, 0.15) is 26.6 Å². The van der Waals surface area contributed by atoms with Crippen LogP contribution in [0.2, 0.25) is 0 Å². The Labute approximate surface area is 144 Å². The van der Waals surface area contributed by atoms with Crippen LogP contribution in [0.4, 0.5) is 11.5 Å². The van der Waals surface area contributed by atoms with Crippen molar-refractivity contribution in [2.24, 2.45) is 0 Å². The Morgan fingerprint density at radius 1 is 1.00 bits per heavy atom. The quantitative estimate of drug-likeness (QED) is 0.571. The molecule has 106 valence electrons. The normalized spacial score (nSPS) is 11.5. The second-order valence-electron chi connectivity index (χ2n) is 5.40. The summed E-state index contributed by atoms with van der Waals surface area (Å²) in [5.74, 6) is 1.56. The first kappa shape index (κ1) is 15.9. The van der Waals surface area contributed by atoms with Crippen LogP contribution in [0.15, 0.2) is 37.8 Å². The van der Waals surface area contributed by atoms with Crippen molar-refractivity contribution in [2.45, 2.75) is 26.2 Å². The summed E-state index contributed by atoms with van der Waals surface area (Å²) >= 11 is 10.4. The van der Waals surface area contributed by atoms with E-state index in [9.17, 15) is 0 Å². The van der Waals surface area contributed by atoms with Gasteiger partial charge >= 0.3 is 0 Å². The summed E-state index contributed by atoms with van der Waals surface area (Å²) in [5, 5.41) is 3.30. The van der Waals surface area contributed by atoms with Crippen LogP contribution in [0.25, 0.3) is 0 Å². The van der Waals surface area contributed by atoms with Gasteiger partial charge in [-0.25, -0.2) is 9.97 Å². The zero-order valence-corrected chi connectivity index (χ0v) is 16.1. The highest BCUT2D eigenvalue weighted by Gasteiger charge is 2.19. The number of rotatable bonds is 2. The maximum Gasteiger partial charge on any atom is 0.137 e. The molecule has 1 heterocycles. The molecule has 0 radical (unpaired) electrons. The fraction of sp³-hybridized carbons (Fsp3) is 0.286. The van der Waals surface area contributed by atoms with E-state index < -0.39 is 0 Å². The van der Waals surface area contributed by atoms with Gasteiger partial charge in [0, 0.05) is 20.4 Å². The fourth-order valence-corrected chi connectivity index (χ4v) is 3.08. The molecule has 3 nitrogen and oxygen atoms in total. The monoisotopic (exact) mass is 461 g/mol. The number of hydrogen-bond acceptors (Lipinski definition) is 3. The lowest BCUT2D eigenvalue weighted by molar-refractivity contribution is 0.544. The lowest BCUT2D eigenvalue weighted by Crippen LogP contribution is -2.16. The van der Waals surface area contributed by atoms with Crippen molar-refractivity contribution in [2.75, 3.05) is 5.32 Å². The smallest absolute Gasteiger partial charge is 0.137 e. The summed E-state index contributed by atoms with van der Waals surface area (Å²) in [6.45, 7) is 6.27. The predicted molar refractivity (Wildman–Crippen MR) is 93.6 cm³/mol. The van der Waals surface area contributed by atoms with E-state index in [4.69, 9.17) is 0 Å². The molecule has 0 fully saturated rings. The minimum Gasteiger partial charge on any atom is -0.339 e. The van der Waals surface area contributed by atoms with Gasteiger partial charge in [0.05, 0.1) is 5.69 Å². The molecule has 0 bridgehead atoms. The zero-order chi connectivity index (χ0) is 14.9. The molecular weight excluding hydrogens is 450 g/mol. The lowest BCUT2D eigenvalue weighted by Gasteiger charge is -2.18. The molecule has 0 unspecified atom stereocenters. The molecule has 0 aliphatic rings. The van der Waals surface area contributed by atoms with Crippen molar-refractivity contribution in [1.29, 1.82) is 0 Å². The molecule has 2 rings (SSSR count). The number of anilines is 2. The SMILES string of the molecule is CC(C)(C)c1nc(Br)cc(Nc2ccc(Br)cc2Br)n1. The average molecular weight is 464 g/mol. The third-order valence-corrected chi connectivity index (χ3v) is 4.12. The first-order chi connectivity index (χ1) is 9.25. The van der Waals surface area contributed by atoms with Crippen LogP contribution in [0.5, 0.6) is 0 Å². The van der Waals surface area contributed by atoms with Gasteiger partial charge in [-0.05, 0) is 50.1 Å².